The van der Waals surface area contributed by atoms with Gasteiger partial charge in [0.2, 0.25) is 0 Å². The highest BCUT2D eigenvalue weighted by Gasteiger charge is 2.21. The van der Waals surface area contributed by atoms with Gasteiger partial charge in [0.1, 0.15) is 11.3 Å². The third-order valence-corrected chi connectivity index (χ3v) is 3.98. The van der Waals surface area contributed by atoms with Crippen LogP contribution in [0.1, 0.15) is 21.5 Å². The number of rotatable bonds is 4. The summed E-state index contributed by atoms with van der Waals surface area (Å²) in [5.41, 5.74) is 0.0520. The lowest BCUT2D eigenvalue weighted by molar-refractivity contribution is 0.0697. The summed E-state index contributed by atoms with van der Waals surface area (Å²) in [5.74, 6) is -1.08. The summed E-state index contributed by atoms with van der Waals surface area (Å²) >= 11 is 0. The Morgan fingerprint density at radius 1 is 1.11 bits per heavy atom. The quantitative estimate of drug-likeness (QED) is 0.712. The van der Waals surface area contributed by atoms with Crippen molar-refractivity contribution in [3.05, 3.63) is 75.6 Å². The zero-order valence-corrected chi connectivity index (χ0v) is 14.8. The second kappa shape index (κ2) is 7.33. The fourth-order valence-electron chi connectivity index (χ4n) is 2.68. The van der Waals surface area contributed by atoms with Crippen molar-refractivity contribution in [2.24, 2.45) is 0 Å². The molecule has 7 nitrogen and oxygen atoms in total. The highest BCUT2D eigenvalue weighted by atomic mass is 16.6. The maximum atomic E-state index is 12.5. The monoisotopic (exact) mass is 367 g/mol. The van der Waals surface area contributed by atoms with E-state index in [0.717, 1.165) is 5.56 Å². The van der Waals surface area contributed by atoms with Crippen LogP contribution in [0.15, 0.2) is 57.7 Å². The van der Waals surface area contributed by atoms with Crippen LogP contribution < -0.4 is 10.4 Å². The third kappa shape index (κ3) is 3.82. The fourth-order valence-corrected chi connectivity index (χ4v) is 2.68. The predicted molar refractivity (Wildman–Crippen MR) is 98.4 cm³/mol. The summed E-state index contributed by atoms with van der Waals surface area (Å²) < 4.78 is 10.4. The number of amides is 1. The minimum Gasteiger partial charge on any atom is -0.478 e. The first kappa shape index (κ1) is 18.2. The molecule has 3 rings (SSSR count). The molecule has 7 heteroatoms. The van der Waals surface area contributed by atoms with Crippen molar-refractivity contribution in [3.8, 4) is 5.75 Å². The van der Waals surface area contributed by atoms with E-state index in [2.05, 4.69) is 0 Å². The van der Waals surface area contributed by atoms with Crippen LogP contribution >= 0.6 is 0 Å². The summed E-state index contributed by atoms with van der Waals surface area (Å²) in [6.45, 7) is 0. The van der Waals surface area contributed by atoms with Crippen LogP contribution in [0.2, 0.25) is 0 Å². The van der Waals surface area contributed by atoms with Crippen LogP contribution in [0, 0.1) is 0 Å². The number of carboxylic acid groups (broad SMARTS) is 1. The van der Waals surface area contributed by atoms with Gasteiger partial charge in [-0.3, -0.25) is 0 Å². The van der Waals surface area contributed by atoms with Gasteiger partial charge in [-0.05, 0) is 17.7 Å². The average molecular weight is 367 g/mol. The first-order valence-corrected chi connectivity index (χ1v) is 8.13. The molecule has 2 aromatic carbocycles. The minimum atomic E-state index is -1.23. The highest BCUT2D eigenvalue weighted by molar-refractivity contribution is 6.03. The van der Waals surface area contributed by atoms with E-state index >= 15 is 0 Å². The highest BCUT2D eigenvalue weighted by Crippen LogP contribution is 2.26. The van der Waals surface area contributed by atoms with E-state index in [1.54, 1.807) is 12.1 Å². The Labute approximate surface area is 154 Å². The molecule has 0 bridgehead atoms. The number of nitrogens with zero attached hydrogens (tertiary/aromatic N) is 1. The van der Waals surface area contributed by atoms with E-state index < -0.39 is 17.7 Å². The Morgan fingerprint density at radius 2 is 1.81 bits per heavy atom. The lowest BCUT2D eigenvalue weighted by atomic mass is 9.98. The first-order valence-electron chi connectivity index (χ1n) is 8.13. The molecular weight excluding hydrogens is 350 g/mol. The molecule has 1 N–H and O–H groups in total. The number of carbonyl (C=O) groups is 2. The normalized spacial score (nSPS) is 10.6. The molecule has 138 valence electrons. The Kier molecular flexibility index (Phi) is 4.94. The summed E-state index contributed by atoms with van der Waals surface area (Å²) in [4.78, 5) is 37.2. The molecule has 0 atom stereocenters. The molecule has 1 amide bonds. The van der Waals surface area contributed by atoms with Gasteiger partial charge in [-0.25, -0.2) is 14.4 Å². The minimum absolute atomic E-state index is 0.0401. The van der Waals surface area contributed by atoms with Crippen LogP contribution in [0.4, 0.5) is 4.79 Å². The molecule has 3 aromatic rings. The molecule has 0 saturated heterocycles. The number of hydrogen-bond donors (Lipinski definition) is 1. The molecule has 0 aliphatic heterocycles. The molecule has 0 unspecified atom stereocenters. The van der Waals surface area contributed by atoms with Crippen LogP contribution in [0.25, 0.3) is 11.0 Å². The number of carboxylic acids is 1. The van der Waals surface area contributed by atoms with E-state index in [9.17, 15) is 19.5 Å². The van der Waals surface area contributed by atoms with Crippen molar-refractivity contribution >= 4 is 23.0 Å². The van der Waals surface area contributed by atoms with Crippen molar-refractivity contribution in [3.63, 3.8) is 0 Å². The molecule has 0 aliphatic carbocycles. The molecule has 0 spiro atoms. The van der Waals surface area contributed by atoms with E-state index in [-0.39, 0.29) is 34.3 Å². The maximum Gasteiger partial charge on any atom is 0.414 e. The number of hydrogen-bond acceptors (Lipinski definition) is 5. The molecular formula is C20H17NO6. The zero-order valence-electron chi connectivity index (χ0n) is 14.8. The second-order valence-electron chi connectivity index (χ2n) is 6.13. The lowest BCUT2D eigenvalue weighted by Gasteiger charge is -2.12. The van der Waals surface area contributed by atoms with E-state index in [4.69, 9.17) is 9.15 Å². The van der Waals surface area contributed by atoms with Crippen molar-refractivity contribution in [2.75, 3.05) is 14.1 Å². The van der Waals surface area contributed by atoms with Crippen molar-refractivity contribution < 1.29 is 23.8 Å². The maximum absolute atomic E-state index is 12.5. The number of ether oxygens (including phenoxy) is 1. The smallest absolute Gasteiger partial charge is 0.414 e. The van der Waals surface area contributed by atoms with Gasteiger partial charge in [-0.1, -0.05) is 30.3 Å². The number of carbonyl (C=O) groups excluding carboxylic acids is 1. The fraction of sp³-hybridized carbons (Fsp3) is 0.150. The summed E-state index contributed by atoms with van der Waals surface area (Å²) in [7, 11) is 3.06. The number of benzene rings is 2. The van der Waals surface area contributed by atoms with Crippen molar-refractivity contribution in [1.82, 2.24) is 4.90 Å². The van der Waals surface area contributed by atoms with Gasteiger partial charge < -0.3 is 19.2 Å². The molecule has 0 radical (unpaired) electrons. The number of fused-ring (bicyclic) bond motifs is 1. The van der Waals surface area contributed by atoms with E-state index in [1.807, 2.05) is 18.2 Å². The van der Waals surface area contributed by atoms with Crippen molar-refractivity contribution in [2.45, 2.75) is 6.42 Å². The average Bonchev–Trinajstić information content (AvgIpc) is 2.62. The van der Waals surface area contributed by atoms with Gasteiger partial charge >= 0.3 is 17.7 Å². The molecule has 0 saturated carbocycles. The van der Waals surface area contributed by atoms with Gasteiger partial charge in [0, 0.05) is 32.0 Å². The van der Waals surface area contributed by atoms with Crippen molar-refractivity contribution in [1.29, 1.82) is 0 Å². The zero-order chi connectivity index (χ0) is 19.6. The van der Waals surface area contributed by atoms with Crippen LogP contribution in [0.3, 0.4) is 0 Å². The second-order valence-corrected chi connectivity index (χ2v) is 6.13. The van der Waals surface area contributed by atoms with Gasteiger partial charge in [-0.2, -0.15) is 0 Å². The molecule has 0 aliphatic rings. The van der Waals surface area contributed by atoms with Gasteiger partial charge in [0.05, 0.1) is 11.1 Å². The molecule has 1 aromatic heterocycles. The van der Waals surface area contributed by atoms with Crippen LogP contribution in [-0.2, 0) is 6.42 Å². The summed E-state index contributed by atoms with van der Waals surface area (Å²) in [6.07, 6.45) is -0.464. The molecule has 27 heavy (non-hydrogen) atoms. The molecule has 0 fully saturated rings. The van der Waals surface area contributed by atoms with Crippen LogP contribution in [0.5, 0.6) is 5.75 Å². The summed E-state index contributed by atoms with van der Waals surface area (Å²) in [5, 5.41) is 9.94. The SMILES string of the molecule is CN(C)C(=O)Oc1ccc2c(C(=O)O)c(Cc3ccccc3)c(=O)oc2c1. The Morgan fingerprint density at radius 3 is 2.44 bits per heavy atom. The Balaban J connectivity index is 2.11. The largest absolute Gasteiger partial charge is 0.478 e. The first-order chi connectivity index (χ1) is 12.9. The third-order valence-electron chi connectivity index (χ3n) is 3.98. The Bertz CT molecular complexity index is 1070. The van der Waals surface area contributed by atoms with Gasteiger partial charge in [-0.15, -0.1) is 0 Å². The predicted octanol–water partition coefficient (Wildman–Crippen LogP) is 3.14. The molecule has 1 heterocycles. The Hall–Kier alpha value is -3.61. The van der Waals surface area contributed by atoms with Crippen LogP contribution in [-0.4, -0.2) is 36.2 Å². The van der Waals surface area contributed by atoms with E-state index in [0.29, 0.717) is 0 Å². The standard InChI is InChI=1S/C20H17NO6/c1-21(2)20(25)26-13-8-9-14-16(11-13)27-19(24)15(17(14)18(22)23)10-12-6-4-3-5-7-12/h3-9,11H,10H2,1-2H3,(H,22,23). The topological polar surface area (TPSA) is 97.0 Å². The lowest BCUT2D eigenvalue weighted by Crippen LogP contribution is -2.25. The van der Waals surface area contributed by atoms with E-state index in [1.165, 1.54) is 37.2 Å². The van der Waals surface area contributed by atoms with Gasteiger partial charge in [0.25, 0.3) is 0 Å². The van der Waals surface area contributed by atoms with Gasteiger partial charge in [0.15, 0.2) is 0 Å². The summed E-state index contributed by atoms with van der Waals surface area (Å²) in [6, 6.07) is 13.3. The number of aromatic carboxylic acids is 1.